The molecule has 3 nitrogen and oxygen atoms in total. The van der Waals surface area contributed by atoms with Crippen LogP contribution in [0.1, 0.15) is 12.8 Å². The van der Waals surface area contributed by atoms with Crippen molar-refractivity contribution in [1.29, 1.82) is 0 Å². The van der Waals surface area contributed by atoms with Gasteiger partial charge in [-0.3, -0.25) is 4.90 Å². The monoisotopic (exact) mass is 175 g/mol. The van der Waals surface area contributed by atoms with Crippen LogP contribution in [-0.2, 0) is 9.84 Å². The van der Waals surface area contributed by atoms with E-state index >= 15 is 0 Å². The normalized spacial score (nSPS) is 28.5. The van der Waals surface area contributed by atoms with Crippen molar-refractivity contribution in [3.8, 4) is 0 Å². The van der Waals surface area contributed by atoms with Gasteiger partial charge < -0.3 is 0 Å². The summed E-state index contributed by atoms with van der Waals surface area (Å²) in [6.07, 6.45) is 3.88. The van der Waals surface area contributed by atoms with Gasteiger partial charge in [0.1, 0.15) is 0 Å². The first-order valence-electron chi connectivity index (χ1n) is 4.00. The van der Waals surface area contributed by atoms with Crippen LogP contribution in [0.3, 0.4) is 0 Å². The molecular formula is C7H13NO2S. The van der Waals surface area contributed by atoms with E-state index in [0.29, 0.717) is 0 Å². The fourth-order valence-electron chi connectivity index (χ4n) is 1.48. The van der Waals surface area contributed by atoms with Crippen molar-refractivity contribution >= 4 is 9.84 Å². The molecule has 1 saturated heterocycles. The van der Waals surface area contributed by atoms with Crippen LogP contribution >= 0.6 is 0 Å². The van der Waals surface area contributed by atoms with Gasteiger partial charge in [-0.15, -0.1) is 0 Å². The van der Waals surface area contributed by atoms with E-state index in [2.05, 4.69) is 4.90 Å². The van der Waals surface area contributed by atoms with E-state index in [9.17, 15) is 8.42 Å². The van der Waals surface area contributed by atoms with Crippen molar-refractivity contribution in [2.24, 2.45) is 0 Å². The fourth-order valence-corrected chi connectivity index (χ4v) is 2.40. The summed E-state index contributed by atoms with van der Waals surface area (Å²) in [6.45, 7) is 1.56. The number of hydrogen-bond donors (Lipinski definition) is 0. The third kappa shape index (κ3) is 1.42. The second-order valence-corrected chi connectivity index (χ2v) is 5.96. The summed E-state index contributed by atoms with van der Waals surface area (Å²) >= 11 is 0. The molecule has 0 aromatic rings. The standard InChI is InChI=1S/C7H13NO2S/c1-11(9,10)7-4-8(5-7)6-2-3-6/h6-7H,2-5H2,1H3. The highest BCUT2D eigenvalue weighted by atomic mass is 32.2. The van der Waals surface area contributed by atoms with Gasteiger partial charge in [0.05, 0.1) is 5.25 Å². The third-order valence-electron chi connectivity index (χ3n) is 2.55. The highest BCUT2D eigenvalue weighted by Crippen LogP contribution is 2.32. The Bertz CT molecular complexity index is 250. The minimum Gasteiger partial charge on any atom is -0.298 e. The number of likely N-dealkylation sites (tertiary alicyclic amines) is 1. The predicted molar refractivity (Wildman–Crippen MR) is 43.2 cm³/mol. The Balaban J connectivity index is 1.87. The van der Waals surface area contributed by atoms with Crippen LogP contribution in [0, 0.1) is 0 Å². The first-order chi connectivity index (χ1) is 5.07. The molecule has 2 fully saturated rings. The second kappa shape index (κ2) is 2.20. The highest BCUT2D eigenvalue weighted by Gasteiger charge is 2.41. The minimum atomic E-state index is -2.75. The zero-order valence-electron chi connectivity index (χ0n) is 6.66. The SMILES string of the molecule is CS(=O)(=O)C1CN(C2CC2)C1. The molecule has 11 heavy (non-hydrogen) atoms. The summed E-state index contributed by atoms with van der Waals surface area (Å²) in [5, 5.41) is -0.0666. The predicted octanol–water partition coefficient (Wildman–Crippen LogP) is -0.122. The van der Waals surface area contributed by atoms with E-state index in [4.69, 9.17) is 0 Å². The van der Waals surface area contributed by atoms with E-state index in [-0.39, 0.29) is 5.25 Å². The molecule has 0 bridgehead atoms. The van der Waals surface area contributed by atoms with Crippen molar-refractivity contribution in [2.75, 3.05) is 19.3 Å². The van der Waals surface area contributed by atoms with Crippen molar-refractivity contribution in [3.63, 3.8) is 0 Å². The largest absolute Gasteiger partial charge is 0.298 e. The van der Waals surface area contributed by atoms with E-state index < -0.39 is 9.84 Å². The molecule has 1 saturated carbocycles. The second-order valence-electron chi connectivity index (χ2n) is 3.64. The lowest BCUT2D eigenvalue weighted by Gasteiger charge is -2.38. The minimum absolute atomic E-state index is 0.0666. The van der Waals surface area contributed by atoms with Gasteiger partial charge in [0.15, 0.2) is 9.84 Å². The lowest BCUT2D eigenvalue weighted by molar-refractivity contribution is 0.175. The molecule has 1 aliphatic heterocycles. The van der Waals surface area contributed by atoms with Gasteiger partial charge in [0.2, 0.25) is 0 Å². The molecule has 2 aliphatic rings. The van der Waals surface area contributed by atoms with Crippen LogP contribution in [0.15, 0.2) is 0 Å². The van der Waals surface area contributed by atoms with Crippen molar-refractivity contribution in [1.82, 2.24) is 4.90 Å². The molecular weight excluding hydrogens is 162 g/mol. The third-order valence-corrected chi connectivity index (χ3v) is 4.05. The summed E-state index contributed by atoms with van der Waals surface area (Å²) < 4.78 is 22.0. The smallest absolute Gasteiger partial charge is 0.152 e. The van der Waals surface area contributed by atoms with Gasteiger partial charge in [-0.05, 0) is 12.8 Å². The van der Waals surface area contributed by atoms with E-state index in [0.717, 1.165) is 19.1 Å². The first-order valence-corrected chi connectivity index (χ1v) is 5.96. The topological polar surface area (TPSA) is 37.4 Å². The molecule has 4 heteroatoms. The molecule has 0 N–H and O–H groups in total. The van der Waals surface area contributed by atoms with E-state index in [1.165, 1.54) is 19.1 Å². The summed E-state index contributed by atoms with van der Waals surface area (Å²) in [6, 6.07) is 0.730. The Kier molecular flexibility index (Phi) is 1.51. The average Bonchev–Trinajstić information content (AvgIpc) is 2.38. The van der Waals surface area contributed by atoms with Gasteiger partial charge in [-0.1, -0.05) is 0 Å². The number of nitrogens with zero attached hydrogens (tertiary/aromatic N) is 1. The zero-order valence-corrected chi connectivity index (χ0v) is 7.47. The Morgan fingerprint density at radius 2 is 1.82 bits per heavy atom. The van der Waals surface area contributed by atoms with Gasteiger partial charge >= 0.3 is 0 Å². The fraction of sp³-hybridized carbons (Fsp3) is 1.00. The van der Waals surface area contributed by atoms with Crippen LogP contribution < -0.4 is 0 Å². The summed E-state index contributed by atoms with van der Waals surface area (Å²) in [5.74, 6) is 0. The molecule has 1 heterocycles. The van der Waals surface area contributed by atoms with Crippen molar-refractivity contribution in [2.45, 2.75) is 24.1 Å². The molecule has 64 valence electrons. The molecule has 2 rings (SSSR count). The highest BCUT2D eigenvalue weighted by molar-refractivity contribution is 7.91. The maximum Gasteiger partial charge on any atom is 0.152 e. The van der Waals surface area contributed by atoms with E-state index in [1.54, 1.807) is 0 Å². The van der Waals surface area contributed by atoms with Crippen molar-refractivity contribution in [3.05, 3.63) is 0 Å². The maximum absolute atomic E-state index is 11.0. The summed E-state index contributed by atoms with van der Waals surface area (Å²) in [4.78, 5) is 2.27. The Morgan fingerprint density at radius 1 is 1.27 bits per heavy atom. The van der Waals surface area contributed by atoms with Gasteiger partial charge in [0.25, 0.3) is 0 Å². The molecule has 0 unspecified atom stereocenters. The number of sulfone groups is 1. The average molecular weight is 175 g/mol. The molecule has 0 amide bonds. The molecule has 0 atom stereocenters. The number of hydrogen-bond acceptors (Lipinski definition) is 3. The zero-order chi connectivity index (χ0) is 8.06. The van der Waals surface area contributed by atoms with Gasteiger partial charge in [0, 0.05) is 25.4 Å². The maximum atomic E-state index is 11.0. The Morgan fingerprint density at radius 3 is 2.18 bits per heavy atom. The van der Waals surface area contributed by atoms with Gasteiger partial charge in [-0.25, -0.2) is 8.42 Å². The van der Waals surface area contributed by atoms with Crippen LogP contribution in [0.25, 0.3) is 0 Å². The van der Waals surface area contributed by atoms with Crippen molar-refractivity contribution < 1.29 is 8.42 Å². The molecule has 0 radical (unpaired) electrons. The molecule has 1 aliphatic carbocycles. The lowest BCUT2D eigenvalue weighted by Crippen LogP contribution is -2.55. The number of rotatable bonds is 2. The molecule has 0 spiro atoms. The van der Waals surface area contributed by atoms with Crippen LogP contribution in [0.5, 0.6) is 0 Å². The van der Waals surface area contributed by atoms with Crippen LogP contribution in [0.4, 0.5) is 0 Å². The Labute approximate surface area is 67.3 Å². The Hall–Kier alpha value is -0.0900. The summed E-state index contributed by atoms with van der Waals surface area (Å²) in [5.41, 5.74) is 0. The van der Waals surface area contributed by atoms with E-state index in [1.807, 2.05) is 0 Å². The van der Waals surface area contributed by atoms with Crippen LogP contribution in [-0.4, -0.2) is 44.0 Å². The van der Waals surface area contributed by atoms with Crippen LogP contribution in [0.2, 0.25) is 0 Å². The quantitative estimate of drug-likeness (QED) is 0.587. The summed E-state index contributed by atoms with van der Waals surface area (Å²) in [7, 11) is -2.75. The molecule has 0 aromatic carbocycles. The lowest BCUT2D eigenvalue weighted by atomic mass is 10.2. The van der Waals surface area contributed by atoms with Gasteiger partial charge in [-0.2, -0.15) is 0 Å². The first kappa shape index (κ1) is 7.55. The molecule has 0 aromatic heterocycles.